The van der Waals surface area contributed by atoms with Gasteiger partial charge in [-0.3, -0.25) is 0 Å². The zero-order valence-electron chi connectivity index (χ0n) is 17.5. The van der Waals surface area contributed by atoms with E-state index in [0.717, 1.165) is 63.2 Å². The van der Waals surface area contributed by atoms with E-state index in [4.69, 9.17) is 4.52 Å². The molecule has 2 aliphatic heterocycles. The molecule has 31 heavy (non-hydrogen) atoms. The van der Waals surface area contributed by atoms with Crippen LogP contribution in [0.2, 0.25) is 0 Å². The molecule has 0 N–H and O–H groups in total. The van der Waals surface area contributed by atoms with Crippen LogP contribution < -0.4 is 0 Å². The molecule has 3 aromatic rings. The van der Waals surface area contributed by atoms with E-state index in [1.54, 1.807) is 6.07 Å². The fourth-order valence-corrected chi connectivity index (χ4v) is 4.71. The molecule has 0 saturated carbocycles. The molecule has 5 rings (SSSR count). The zero-order chi connectivity index (χ0) is 21.2. The first-order valence-electron chi connectivity index (χ1n) is 11.0. The minimum Gasteiger partial charge on any atom is -0.356 e. The standard InChI is InChI=1S/C24H27FN4O2/c25-20-6-7-21-22(16-20)31-26-23(21)19-8-10-27(11-9-19)12-13-28-14-15-29(24(28)30)17-18-4-2-1-3-5-18/h1-7,16,19H,8-15,17H2. The minimum absolute atomic E-state index is 0.139. The summed E-state index contributed by atoms with van der Waals surface area (Å²) < 4.78 is 18.7. The van der Waals surface area contributed by atoms with Crippen LogP contribution >= 0.6 is 0 Å². The van der Waals surface area contributed by atoms with Gasteiger partial charge < -0.3 is 19.2 Å². The maximum atomic E-state index is 13.4. The number of carbonyl (C=O) groups excluding carboxylic acids is 1. The number of nitrogens with zero attached hydrogens (tertiary/aromatic N) is 4. The third-order valence-corrected chi connectivity index (χ3v) is 6.52. The van der Waals surface area contributed by atoms with Gasteiger partial charge in [-0.2, -0.15) is 0 Å². The van der Waals surface area contributed by atoms with Crippen LogP contribution in [0.15, 0.2) is 53.1 Å². The van der Waals surface area contributed by atoms with Gasteiger partial charge in [0.25, 0.3) is 0 Å². The van der Waals surface area contributed by atoms with Gasteiger partial charge in [0.1, 0.15) is 5.82 Å². The summed E-state index contributed by atoms with van der Waals surface area (Å²) in [6.07, 6.45) is 1.99. The molecule has 0 aliphatic carbocycles. The van der Waals surface area contributed by atoms with E-state index in [-0.39, 0.29) is 11.8 Å². The molecule has 0 spiro atoms. The molecule has 0 bridgehead atoms. The second-order valence-corrected chi connectivity index (χ2v) is 8.50. The van der Waals surface area contributed by atoms with Gasteiger partial charge in [0.2, 0.25) is 0 Å². The number of hydrogen-bond acceptors (Lipinski definition) is 4. The fraction of sp³-hybridized carbons (Fsp3) is 0.417. The molecule has 2 amide bonds. The summed E-state index contributed by atoms with van der Waals surface area (Å²) in [6.45, 7) is 5.85. The van der Waals surface area contributed by atoms with E-state index in [0.29, 0.717) is 18.0 Å². The van der Waals surface area contributed by atoms with Crippen LogP contribution in [0.4, 0.5) is 9.18 Å². The molecule has 2 saturated heterocycles. The van der Waals surface area contributed by atoms with Crippen molar-refractivity contribution in [3.63, 3.8) is 0 Å². The molecule has 6 nitrogen and oxygen atoms in total. The fourth-order valence-electron chi connectivity index (χ4n) is 4.71. The molecule has 0 radical (unpaired) electrons. The van der Waals surface area contributed by atoms with Crippen molar-refractivity contribution in [2.45, 2.75) is 25.3 Å². The van der Waals surface area contributed by atoms with E-state index in [9.17, 15) is 9.18 Å². The molecule has 2 fully saturated rings. The van der Waals surface area contributed by atoms with Crippen LogP contribution in [0.25, 0.3) is 11.0 Å². The Morgan fingerprint density at radius 2 is 1.74 bits per heavy atom. The number of likely N-dealkylation sites (tertiary alicyclic amines) is 1. The van der Waals surface area contributed by atoms with Crippen LogP contribution in [0.1, 0.15) is 30.0 Å². The lowest BCUT2D eigenvalue weighted by Gasteiger charge is -2.32. The highest BCUT2D eigenvalue weighted by molar-refractivity contribution is 5.80. The number of carbonyl (C=O) groups is 1. The van der Waals surface area contributed by atoms with Crippen LogP contribution in [-0.2, 0) is 6.54 Å². The predicted octanol–water partition coefficient (Wildman–Crippen LogP) is 4.08. The maximum absolute atomic E-state index is 13.4. The largest absolute Gasteiger partial charge is 0.356 e. The Labute approximate surface area is 181 Å². The second kappa shape index (κ2) is 8.67. The van der Waals surface area contributed by atoms with Crippen molar-refractivity contribution >= 4 is 17.0 Å². The second-order valence-electron chi connectivity index (χ2n) is 8.50. The normalized spacial score (nSPS) is 18.4. The SMILES string of the molecule is O=C1N(CCN2CCC(c3noc4cc(F)ccc34)CC2)CCN1Cc1ccccc1. The Balaban J connectivity index is 1.11. The van der Waals surface area contributed by atoms with Gasteiger partial charge in [0.05, 0.1) is 5.69 Å². The predicted molar refractivity (Wildman–Crippen MR) is 116 cm³/mol. The molecular formula is C24H27FN4O2. The third kappa shape index (κ3) is 4.28. The molecule has 0 atom stereocenters. The van der Waals surface area contributed by atoms with E-state index < -0.39 is 0 Å². The molecular weight excluding hydrogens is 395 g/mol. The quantitative estimate of drug-likeness (QED) is 0.601. The summed E-state index contributed by atoms with van der Waals surface area (Å²) in [5.41, 5.74) is 2.63. The molecule has 162 valence electrons. The molecule has 2 aliphatic rings. The summed E-state index contributed by atoms with van der Waals surface area (Å²) >= 11 is 0. The van der Waals surface area contributed by atoms with Crippen molar-refractivity contribution in [2.24, 2.45) is 0 Å². The molecule has 3 heterocycles. The first kappa shape index (κ1) is 20.0. The summed E-state index contributed by atoms with van der Waals surface area (Å²) in [6, 6.07) is 14.9. The summed E-state index contributed by atoms with van der Waals surface area (Å²) in [7, 11) is 0. The van der Waals surface area contributed by atoms with Gasteiger partial charge in [-0.25, -0.2) is 9.18 Å². The first-order valence-corrected chi connectivity index (χ1v) is 11.0. The Hall–Kier alpha value is -2.93. The van der Waals surface area contributed by atoms with Crippen molar-refractivity contribution in [2.75, 3.05) is 39.3 Å². The minimum atomic E-state index is -0.302. The Kier molecular flexibility index (Phi) is 5.59. The monoisotopic (exact) mass is 422 g/mol. The molecule has 7 heteroatoms. The summed E-state index contributed by atoms with van der Waals surface area (Å²) in [4.78, 5) is 19.0. The Morgan fingerprint density at radius 3 is 2.55 bits per heavy atom. The third-order valence-electron chi connectivity index (χ3n) is 6.52. The summed E-state index contributed by atoms with van der Waals surface area (Å²) in [5, 5.41) is 5.15. The van der Waals surface area contributed by atoms with Crippen molar-refractivity contribution in [1.29, 1.82) is 0 Å². The average Bonchev–Trinajstić information content (AvgIpc) is 3.37. The average molecular weight is 423 g/mol. The number of aromatic nitrogens is 1. The van der Waals surface area contributed by atoms with E-state index in [1.165, 1.54) is 17.7 Å². The number of urea groups is 1. The Morgan fingerprint density at radius 1 is 0.968 bits per heavy atom. The number of rotatable bonds is 6. The number of fused-ring (bicyclic) bond motifs is 1. The van der Waals surface area contributed by atoms with Crippen LogP contribution in [-0.4, -0.2) is 65.2 Å². The van der Waals surface area contributed by atoms with Crippen LogP contribution in [0.3, 0.4) is 0 Å². The van der Waals surface area contributed by atoms with E-state index in [2.05, 4.69) is 22.2 Å². The lowest BCUT2D eigenvalue weighted by molar-refractivity contribution is 0.169. The highest BCUT2D eigenvalue weighted by Crippen LogP contribution is 2.32. The molecule has 1 aromatic heterocycles. The lowest BCUT2D eigenvalue weighted by Crippen LogP contribution is -2.40. The number of halogens is 1. The highest BCUT2D eigenvalue weighted by Gasteiger charge is 2.30. The molecule has 2 aromatic carbocycles. The lowest BCUT2D eigenvalue weighted by atomic mass is 9.91. The number of hydrogen-bond donors (Lipinski definition) is 0. The van der Waals surface area contributed by atoms with Gasteiger partial charge >= 0.3 is 6.03 Å². The van der Waals surface area contributed by atoms with Crippen molar-refractivity contribution < 1.29 is 13.7 Å². The number of amides is 2. The number of piperidine rings is 1. The first-order chi connectivity index (χ1) is 15.2. The highest BCUT2D eigenvalue weighted by atomic mass is 19.1. The topological polar surface area (TPSA) is 52.8 Å². The van der Waals surface area contributed by atoms with Crippen LogP contribution in [0.5, 0.6) is 0 Å². The van der Waals surface area contributed by atoms with Crippen molar-refractivity contribution in [3.05, 3.63) is 65.6 Å². The van der Waals surface area contributed by atoms with Gasteiger partial charge in [0, 0.05) is 50.1 Å². The maximum Gasteiger partial charge on any atom is 0.320 e. The van der Waals surface area contributed by atoms with Gasteiger partial charge in [-0.15, -0.1) is 0 Å². The van der Waals surface area contributed by atoms with Gasteiger partial charge in [0.15, 0.2) is 5.58 Å². The van der Waals surface area contributed by atoms with E-state index in [1.807, 2.05) is 28.0 Å². The summed E-state index contributed by atoms with van der Waals surface area (Å²) in [5.74, 6) is 0.0292. The van der Waals surface area contributed by atoms with Crippen LogP contribution in [0, 0.1) is 5.82 Å². The van der Waals surface area contributed by atoms with E-state index >= 15 is 0 Å². The van der Waals surface area contributed by atoms with Gasteiger partial charge in [-0.1, -0.05) is 35.5 Å². The van der Waals surface area contributed by atoms with Crippen molar-refractivity contribution in [1.82, 2.24) is 19.9 Å². The van der Waals surface area contributed by atoms with Crippen molar-refractivity contribution in [3.8, 4) is 0 Å². The Bertz CT molecular complexity index is 1050. The smallest absolute Gasteiger partial charge is 0.320 e. The van der Waals surface area contributed by atoms with Gasteiger partial charge in [-0.05, 0) is 43.6 Å². The molecule has 0 unspecified atom stereocenters. The zero-order valence-corrected chi connectivity index (χ0v) is 17.5. The number of benzene rings is 2.